The molecule has 0 aromatic heterocycles. The Bertz CT molecular complexity index is 1100. The van der Waals surface area contributed by atoms with Gasteiger partial charge in [-0.25, -0.2) is 4.79 Å². The van der Waals surface area contributed by atoms with E-state index in [0.29, 0.717) is 6.42 Å². The van der Waals surface area contributed by atoms with Crippen LogP contribution in [0.15, 0.2) is 48.5 Å². The van der Waals surface area contributed by atoms with Crippen molar-refractivity contribution in [3.8, 4) is 17.2 Å². The summed E-state index contributed by atoms with van der Waals surface area (Å²) >= 11 is 0. The van der Waals surface area contributed by atoms with E-state index in [0.717, 1.165) is 22.3 Å². The molecule has 1 saturated heterocycles. The second kappa shape index (κ2) is 9.56. The van der Waals surface area contributed by atoms with Crippen molar-refractivity contribution in [3.05, 3.63) is 59.7 Å². The van der Waals surface area contributed by atoms with Crippen molar-refractivity contribution >= 4 is 18.0 Å². The molecule has 1 aliphatic heterocycles. The van der Waals surface area contributed by atoms with E-state index in [1.807, 2.05) is 42.5 Å². The standard InChI is InChI=1S/C26H27N3O5/c1-26(24(31)32)15-29(16-26)23(30)22(12-6-7-13-27)28-25(33)34-14-21-19-10-4-2-8-17(19)18-9-3-5-11-20(18)21/h2-5,8-11,21-22H,6-7,12,14-16H2,1H3,(H,28,33)(H,31,32). The molecule has 1 aliphatic carbocycles. The topological polar surface area (TPSA) is 120 Å². The Morgan fingerprint density at radius 2 is 1.74 bits per heavy atom. The van der Waals surface area contributed by atoms with Crippen LogP contribution in [0.25, 0.3) is 11.1 Å². The third-order valence-electron chi connectivity index (χ3n) is 6.62. The molecule has 2 aromatic rings. The molecule has 8 heteroatoms. The number of hydrogen-bond donors (Lipinski definition) is 2. The molecule has 2 amide bonds. The number of hydrogen-bond acceptors (Lipinski definition) is 5. The number of carboxylic acid groups (broad SMARTS) is 1. The van der Waals surface area contributed by atoms with Gasteiger partial charge in [0, 0.05) is 25.4 Å². The molecule has 1 heterocycles. The second-order valence-electron chi connectivity index (χ2n) is 9.13. The first-order valence-corrected chi connectivity index (χ1v) is 11.3. The maximum absolute atomic E-state index is 12.9. The van der Waals surface area contributed by atoms with Gasteiger partial charge in [0.25, 0.3) is 0 Å². The summed E-state index contributed by atoms with van der Waals surface area (Å²) < 4.78 is 5.56. The molecule has 1 unspecified atom stereocenters. The number of carbonyl (C=O) groups is 3. The molecule has 1 fully saturated rings. The number of nitrogens with zero attached hydrogens (tertiary/aromatic N) is 2. The summed E-state index contributed by atoms with van der Waals surface area (Å²) in [7, 11) is 0. The summed E-state index contributed by atoms with van der Waals surface area (Å²) in [4.78, 5) is 38.4. The van der Waals surface area contributed by atoms with Crippen LogP contribution in [-0.4, -0.2) is 53.7 Å². The highest BCUT2D eigenvalue weighted by atomic mass is 16.5. The van der Waals surface area contributed by atoms with Crippen molar-refractivity contribution < 1.29 is 24.2 Å². The predicted octanol–water partition coefficient (Wildman–Crippen LogP) is 3.52. The van der Waals surface area contributed by atoms with E-state index in [4.69, 9.17) is 10.00 Å². The van der Waals surface area contributed by atoms with Gasteiger partial charge in [-0.3, -0.25) is 9.59 Å². The first-order chi connectivity index (χ1) is 16.3. The van der Waals surface area contributed by atoms with Crippen LogP contribution in [0.4, 0.5) is 4.79 Å². The molecule has 0 saturated carbocycles. The third-order valence-corrected chi connectivity index (χ3v) is 6.62. The fourth-order valence-electron chi connectivity index (χ4n) is 4.73. The molecule has 2 aromatic carbocycles. The van der Waals surface area contributed by atoms with Gasteiger partial charge in [-0.15, -0.1) is 0 Å². The lowest BCUT2D eigenvalue weighted by molar-refractivity contribution is -0.164. The van der Waals surface area contributed by atoms with E-state index < -0.39 is 23.5 Å². The van der Waals surface area contributed by atoms with Gasteiger partial charge in [-0.2, -0.15) is 5.26 Å². The van der Waals surface area contributed by atoms with E-state index >= 15 is 0 Å². The highest BCUT2D eigenvalue weighted by molar-refractivity contribution is 5.89. The normalized spacial score (nSPS) is 16.4. The van der Waals surface area contributed by atoms with Gasteiger partial charge >= 0.3 is 12.1 Å². The van der Waals surface area contributed by atoms with Crippen LogP contribution in [0.1, 0.15) is 43.2 Å². The Morgan fingerprint density at radius 1 is 1.15 bits per heavy atom. The highest BCUT2D eigenvalue weighted by Gasteiger charge is 2.48. The van der Waals surface area contributed by atoms with Crippen molar-refractivity contribution in [2.75, 3.05) is 19.7 Å². The molecular weight excluding hydrogens is 434 g/mol. The molecular formula is C26H27N3O5. The summed E-state index contributed by atoms with van der Waals surface area (Å²) in [6.45, 7) is 1.88. The van der Waals surface area contributed by atoms with Gasteiger partial charge in [0.1, 0.15) is 12.6 Å². The number of alkyl carbamates (subject to hydrolysis) is 1. The quantitative estimate of drug-likeness (QED) is 0.581. The van der Waals surface area contributed by atoms with Crippen LogP contribution in [0.3, 0.4) is 0 Å². The van der Waals surface area contributed by atoms with Crippen molar-refractivity contribution in [3.63, 3.8) is 0 Å². The van der Waals surface area contributed by atoms with Crippen LogP contribution in [0, 0.1) is 16.7 Å². The van der Waals surface area contributed by atoms with Crippen LogP contribution in [0.2, 0.25) is 0 Å². The minimum atomic E-state index is -0.976. The summed E-state index contributed by atoms with van der Waals surface area (Å²) in [6, 6.07) is 17.2. The van der Waals surface area contributed by atoms with Crippen LogP contribution in [-0.2, 0) is 14.3 Å². The van der Waals surface area contributed by atoms with E-state index in [9.17, 15) is 19.5 Å². The molecule has 4 rings (SSSR count). The molecule has 2 aliphatic rings. The molecule has 1 atom stereocenters. The van der Waals surface area contributed by atoms with E-state index in [2.05, 4.69) is 17.4 Å². The number of nitrogens with one attached hydrogen (secondary N) is 1. The lowest BCUT2D eigenvalue weighted by atomic mass is 9.81. The summed E-state index contributed by atoms with van der Waals surface area (Å²) in [5, 5.41) is 20.8. The van der Waals surface area contributed by atoms with E-state index in [-0.39, 0.29) is 44.4 Å². The number of amides is 2. The largest absolute Gasteiger partial charge is 0.481 e. The fraction of sp³-hybridized carbons (Fsp3) is 0.385. The number of fused-ring (bicyclic) bond motifs is 3. The second-order valence-corrected chi connectivity index (χ2v) is 9.13. The molecule has 8 nitrogen and oxygen atoms in total. The number of rotatable bonds is 8. The Labute approximate surface area is 198 Å². The Morgan fingerprint density at radius 3 is 2.29 bits per heavy atom. The number of benzene rings is 2. The summed E-state index contributed by atoms with van der Waals surface area (Å²) in [6.07, 6.45) is 0.249. The maximum atomic E-state index is 12.9. The smallest absolute Gasteiger partial charge is 0.407 e. The number of ether oxygens (including phenoxy) is 1. The molecule has 0 radical (unpaired) electrons. The van der Waals surface area contributed by atoms with Gasteiger partial charge in [0.2, 0.25) is 5.91 Å². The van der Waals surface area contributed by atoms with E-state index in [1.54, 1.807) is 6.92 Å². The minimum Gasteiger partial charge on any atom is -0.481 e. The number of carbonyl (C=O) groups excluding carboxylic acids is 2. The average Bonchev–Trinajstić information content (AvgIpc) is 3.13. The number of nitriles is 1. The number of unbranched alkanes of at least 4 members (excludes halogenated alkanes) is 1. The van der Waals surface area contributed by atoms with E-state index in [1.165, 1.54) is 4.90 Å². The van der Waals surface area contributed by atoms with Crippen molar-refractivity contribution in [1.29, 1.82) is 5.26 Å². The first kappa shape index (κ1) is 23.3. The number of likely N-dealkylation sites (tertiary alicyclic amines) is 1. The Hall–Kier alpha value is -3.86. The lowest BCUT2D eigenvalue weighted by Crippen LogP contribution is -2.64. The SMILES string of the molecule is CC1(C(=O)O)CN(C(=O)C(CCCC#N)NC(=O)OCC2c3ccccc3-c3ccccc32)C1. The fourth-order valence-corrected chi connectivity index (χ4v) is 4.73. The summed E-state index contributed by atoms with van der Waals surface area (Å²) in [5.74, 6) is -1.41. The Balaban J connectivity index is 1.40. The zero-order chi connectivity index (χ0) is 24.3. The third kappa shape index (κ3) is 4.46. The van der Waals surface area contributed by atoms with Gasteiger partial charge in [0.15, 0.2) is 0 Å². The Kier molecular flexibility index (Phi) is 6.55. The minimum absolute atomic E-state index is 0.0856. The van der Waals surface area contributed by atoms with Gasteiger partial charge in [-0.1, -0.05) is 48.5 Å². The zero-order valence-corrected chi connectivity index (χ0v) is 19.0. The predicted molar refractivity (Wildman–Crippen MR) is 124 cm³/mol. The van der Waals surface area contributed by atoms with Gasteiger partial charge in [-0.05, 0) is 42.0 Å². The molecule has 2 N–H and O–H groups in total. The lowest BCUT2D eigenvalue weighted by Gasteiger charge is -2.46. The van der Waals surface area contributed by atoms with Crippen LogP contribution < -0.4 is 5.32 Å². The van der Waals surface area contributed by atoms with Crippen molar-refractivity contribution in [2.24, 2.45) is 5.41 Å². The monoisotopic (exact) mass is 461 g/mol. The van der Waals surface area contributed by atoms with Gasteiger partial charge < -0.3 is 20.1 Å². The van der Waals surface area contributed by atoms with Gasteiger partial charge in [0.05, 0.1) is 11.5 Å². The first-order valence-electron chi connectivity index (χ1n) is 11.3. The molecule has 34 heavy (non-hydrogen) atoms. The molecule has 0 bridgehead atoms. The van der Waals surface area contributed by atoms with Crippen LogP contribution >= 0.6 is 0 Å². The maximum Gasteiger partial charge on any atom is 0.407 e. The van der Waals surface area contributed by atoms with Crippen molar-refractivity contribution in [1.82, 2.24) is 10.2 Å². The highest BCUT2D eigenvalue weighted by Crippen LogP contribution is 2.44. The zero-order valence-electron chi connectivity index (χ0n) is 19.0. The summed E-state index contributed by atoms with van der Waals surface area (Å²) in [5.41, 5.74) is 3.45. The number of aliphatic carboxylic acids is 1. The van der Waals surface area contributed by atoms with Crippen molar-refractivity contribution in [2.45, 2.75) is 38.1 Å². The molecule has 0 spiro atoms. The molecule has 176 valence electrons. The number of carboxylic acids is 1. The van der Waals surface area contributed by atoms with Crippen LogP contribution in [0.5, 0.6) is 0 Å². The average molecular weight is 462 g/mol.